The van der Waals surface area contributed by atoms with Crippen LogP contribution in [0.2, 0.25) is 0 Å². The lowest BCUT2D eigenvalue weighted by Gasteiger charge is -2.23. The summed E-state index contributed by atoms with van der Waals surface area (Å²) in [5.74, 6) is 0. The monoisotopic (exact) mass is 225 g/mol. The van der Waals surface area contributed by atoms with Crippen LogP contribution in [0.15, 0.2) is 0 Å². The molecule has 0 spiro atoms. The van der Waals surface area contributed by atoms with Crippen molar-refractivity contribution in [1.29, 1.82) is 0 Å². The van der Waals surface area contributed by atoms with Crippen LogP contribution in [0.1, 0.15) is 28.4 Å². The van der Waals surface area contributed by atoms with Gasteiger partial charge in [0.05, 0.1) is 10.7 Å². The minimum atomic E-state index is 0.639. The zero-order chi connectivity index (χ0) is 10.7. The fourth-order valence-corrected chi connectivity index (χ4v) is 2.89. The van der Waals surface area contributed by atoms with E-state index in [9.17, 15) is 0 Å². The Hall–Kier alpha value is -0.450. The molecule has 1 fully saturated rings. The maximum Gasteiger partial charge on any atom is 0.0900 e. The van der Waals surface area contributed by atoms with Gasteiger partial charge < -0.3 is 10.6 Å². The van der Waals surface area contributed by atoms with Gasteiger partial charge in [-0.25, -0.2) is 4.98 Å². The van der Waals surface area contributed by atoms with E-state index in [1.807, 2.05) is 11.3 Å². The van der Waals surface area contributed by atoms with Crippen molar-refractivity contribution in [2.24, 2.45) is 0 Å². The Labute approximate surface area is 95.3 Å². The average molecular weight is 225 g/mol. The fraction of sp³-hybridized carbons (Fsp3) is 0.727. The van der Waals surface area contributed by atoms with E-state index in [2.05, 4.69) is 29.5 Å². The molecule has 0 amide bonds. The lowest BCUT2D eigenvalue weighted by atomic mass is 10.1. The SMILES string of the molecule is Cc1nc(C)c(CNC2CCCNC2)s1. The summed E-state index contributed by atoms with van der Waals surface area (Å²) in [6.07, 6.45) is 2.59. The predicted octanol–water partition coefficient (Wildman–Crippen LogP) is 1.60. The molecule has 0 radical (unpaired) electrons. The first-order chi connectivity index (χ1) is 7.25. The second-order valence-electron chi connectivity index (χ2n) is 4.17. The van der Waals surface area contributed by atoms with Crippen molar-refractivity contribution in [2.75, 3.05) is 13.1 Å². The Kier molecular flexibility index (Phi) is 3.72. The van der Waals surface area contributed by atoms with Gasteiger partial charge in [0.25, 0.3) is 0 Å². The summed E-state index contributed by atoms with van der Waals surface area (Å²) in [6.45, 7) is 7.43. The Morgan fingerprint density at radius 1 is 1.53 bits per heavy atom. The minimum absolute atomic E-state index is 0.639. The summed E-state index contributed by atoms with van der Waals surface area (Å²) >= 11 is 1.81. The van der Waals surface area contributed by atoms with E-state index in [0.29, 0.717) is 6.04 Å². The second-order valence-corrected chi connectivity index (χ2v) is 5.45. The number of nitrogens with zero attached hydrogens (tertiary/aromatic N) is 1. The van der Waals surface area contributed by atoms with Crippen molar-refractivity contribution >= 4 is 11.3 Å². The van der Waals surface area contributed by atoms with Crippen LogP contribution in [-0.4, -0.2) is 24.1 Å². The van der Waals surface area contributed by atoms with Gasteiger partial charge in [0.1, 0.15) is 0 Å². The fourth-order valence-electron chi connectivity index (χ4n) is 2.00. The molecule has 1 aliphatic rings. The number of hydrogen-bond acceptors (Lipinski definition) is 4. The van der Waals surface area contributed by atoms with Crippen molar-refractivity contribution in [3.8, 4) is 0 Å². The molecule has 4 heteroatoms. The Morgan fingerprint density at radius 2 is 2.40 bits per heavy atom. The largest absolute Gasteiger partial charge is 0.315 e. The number of aromatic nitrogens is 1. The van der Waals surface area contributed by atoms with Crippen LogP contribution in [0.4, 0.5) is 0 Å². The first-order valence-electron chi connectivity index (χ1n) is 5.62. The third kappa shape index (κ3) is 3.00. The number of nitrogens with one attached hydrogen (secondary N) is 2. The van der Waals surface area contributed by atoms with Crippen molar-refractivity contribution in [1.82, 2.24) is 15.6 Å². The van der Waals surface area contributed by atoms with E-state index in [1.54, 1.807) is 0 Å². The normalized spacial score (nSPS) is 21.9. The maximum absolute atomic E-state index is 4.44. The molecule has 2 heterocycles. The van der Waals surface area contributed by atoms with E-state index >= 15 is 0 Å². The molecular weight excluding hydrogens is 206 g/mol. The molecule has 15 heavy (non-hydrogen) atoms. The highest BCUT2D eigenvalue weighted by Crippen LogP contribution is 2.17. The summed E-state index contributed by atoms with van der Waals surface area (Å²) in [7, 11) is 0. The van der Waals surface area contributed by atoms with Crippen molar-refractivity contribution in [3.05, 3.63) is 15.6 Å². The third-order valence-electron chi connectivity index (χ3n) is 2.85. The molecule has 0 aromatic carbocycles. The van der Waals surface area contributed by atoms with Crippen molar-refractivity contribution < 1.29 is 0 Å². The van der Waals surface area contributed by atoms with Gasteiger partial charge in [0.15, 0.2) is 0 Å². The van der Waals surface area contributed by atoms with Gasteiger partial charge in [-0.2, -0.15) is 0 Å². The Balaban J connectivity index is 1.84. The van der Waals surface area contributed by atoms with E-state index in [0.717, 1.165) is 13.1 Å². The van der Waals surface area contributed by atoms with Gasteiger partial charge in [0.2, 0.25) is 0 Å². The summed E-state index contributed by atoms with van der Waals surface area (Å²) < 4.78 is 0. The van der Waals surface area contributed by atoms with E-state index in [-0.39, 0.29) is 0 Å². The quantitative estimate of drug-likeness (QED) is 0.820. The number of piperidine rings is 1. The molecule has 1 aliphatic heterocycles. The van der Waals surface area contributed by atoms with Gasteiger partial charge in [-0.15, -0.1) is 11.3 Å². The van der Waals surface area contributed by atoms with Crippen molar-refractivity contribution in [3.63, 3.8) is 0 Å². The Morgan fingerprint density at radius 3 is 3.00 bits per heavy atom. The maximum atomic E-state index is 4.44. The van der Waals surface area contributed by atoms with Crippen molar-refractivity contribution in [2.45, 2.75) is 39.3 Å². The number of thiazole rings is 1. The molecule has 0 aliphatic carbocycles. The molecular formula is C11H19N3S. The van der Waals surface area contributed by atoms with Crippen LogP contribution in [0.5, 0.6) is 0 Å². The topological polar surface area (TPSA) is 37.0 Å². The third-order valence-corrected chi connectivity index (χ3v) is 3.92. The summed E-state index contributed by atoms with van der Waals surface area (Å²) in [5.41, 5.74) is 1.19. The van der Waals surface area contributed by atoms with Gasteiger partial charge in [-0.3, -0.25) is 0 Å². The first kappa shape index (κ1) is 11.0. The highest BCUT2D eigenvalue weighted by atomic mass is 32.1. The molecule has 1 unspecified atom stereocenters. The zero-order valence-corrected chi connectivity index (χ0v) is 10.3. The molecule has 1 aromatic rings. The standard InChI is InChI=1S/C11H19N3S/c1-8-11(15-9(2)14-8)7-13-10-4-3-5-12-6-10/h10,12-13H,3-7H2,1-2H3. The lowest BCUT2D eigenvalue weighted by molar-refractivity contribution is 0.390. The summed E-state index contributed by atoms with van der Waals surface area (Å²) in [6, 6.07) is 0.639. The van der Waals surface area contributed by atoms with Crippen LogP contribution in [0.3, 0.4) is 0 Å². The minimum Gasteiger partial charge on any atom is -0.315 e. The first-order valence-corrected chi connectivity index (χ1v) is 6.44. The molecule has 0 saturated carbocycles. The van der Waals surface area contributed by atoms with E-state index in [4.69, 9.17) is 0 Å². The van der Waals surface area contributed by atoms with E-state index < -0.39 is 0 Å². The van der Waals surface area contributed by atoms with Crippen LogP contribution < -0.4 is 10.6 Å². The molecule has 2 rings (SSSR count). The molecule has 1 aromatic heterocycles. The highest BCUT2D eigenvalue weighted by Gasteiger charge is 2.13. The highest BCUT2D eigenvalue weighted by molar-refractivity contribution is 7.11. The van der Waals surface area contributed by atoms with Gasteiger partial charge in [0, 0.05) is 24.0 Å². The second kappa shape index (κ2) is 5.05. The van der Waals surface area contributed by atoms with Crippen LogP contribution in [0, 0.1) is 13.8 Å². The Bertz CT molecular complexity index is 316. The molecule has 3 nitrogen and oxygen atoms in total. The van der Waals surface area contributed by atoms with Gasteiger partial charge in [-0.05, 0) is 33.2 Å². The lowest BCUT2D eigenvalue weighted by Crippen LogP contribution is -2.42. The molecule has 2 N–H and O–H groups in total. The zero-order valence-electron chi connectivity index (χ0n) is 9.47. The molecule has 1 saturated heterocycles. The van der Waals surface area contributed by atoms with Crippen LogP contribution in [0.25, 0.3) is 0 Å². The van der Waals surface area contributed by atoms with Crippen LogP contribution >= 0.6 is 11.3 Å². The molecule has 84 valence electrons. The predicted molar refractivity (Wildman–Crippen MR) is 64.3 cm³/mol. The summed E-state index contributed by atoms with van der Waals surface area (Å²) in [4.78, 5) is 5.82. The smallest absolute Gasteiger partial charge is 0.0900 e. The molecule has 0 bridgehead atoms. The van der Waals surface area contributed by atoms with Gasteiger partial charge in [-0.1, -0.05) is 0 Å². The molecule has 1 atom stereocenters. The van der Waals surface area contributed by atoms with Crippen LogP contribution in [-0.2, 0) is 6.54 Å². The van der Waals surface area contributed by atoms with E-state index in [1.165, 1.54) is 35.0 Å². The average Bonchev–Trinajstić information content (AvgIpc) is 2.56. The summed E-state index contributed by atoms with van der Waals surface area (Å²) in [5, 5.41) is 8.19. The number of aryl methyl sites for hydroxylation is 2. The van der Waals surface area contributed by atoms with Gasteiger partial charge >= 0.3 is 0 Å². The number of rotatable bonds is 3. The number of hydrogen-bond donors (Lipinski definition) is 2.